The predicted octanol–water partition coefficient (Wildman–Crippen LogP) is 3.16. The SMILES string of the molecule is CN=C(NCCc1cc(F)ccc1F)NCc1ncc(C(C)(C)C)o1. The summed E-state index contributed by atoms with van der Waals surface area (Å²) in [6, 6.07) is 3.44. The van der Waals surface area contributed by atoms with E-state index >= 15 is 0 Å². The second-order valence-electron chi connectivity index (χ2n) is 6.71. The van der Waals surface area contributed by atoms with Crippen LogP contribution < -0.4 is 10.6 Å². The van der Waals surface area contributed by atoms with Crippen LogP contribution in [0.25, 0.3) is 0 Å². The van der Waals surface area contributed by atoms with E-state index in [0.717, 1.165) is 17.9 Å². The molecule has 2 rings (SSSR count). The Balaban J connectivity index is 1.83. The number of nitrogens with zero attached hydrogens (tertiary/aromatic N) is 2. The fourth-order valence-electron chi connectivity index (χ4n) is 2.17. The second kappa shape index (κ2) is 8.09. The molecule has 0 aliphatic carbocycles. The van der Waals surface area contributed by atoms with Gasteiger partial charge in [0.05, 0.1) is 12.7 Å². The van der Waals surface area contributed by atoms with E-state index in [2.05, 4.69) is 41.4 Å². The Hall–Kier alpha value is -2.44. The van der Waals surface area contributed by atoms with Crippen molar-refractivity contribution in [3.05, 3.63) is 53.2 Å². The standard InChI is InChI=1S/C18H24F2N4O/c1-18(2,3)15-10-23-16(25-15)11-24-17(21-4)22-8-7-12-9-13(19)5-6-14(12)20/h5-6,9-10H,7-8,11H2,1-4H3,(H2,21,22,24). The number of aromatic nitrogens is 1. The van der Waals surface area contributed by atoms with E-state index in [9.17, 15) is 8.78 Å². The van der Waals surface area contributed by atoms with Crippen LogP contribution in [-0.4, -0.2) is 24.5 Å². The zero-order valence-corrected chi connectivity index (χ0v) is 15.0. The van der Waals surface area contributed by atoms with Gasteiger partial charge in [-0.05, 0) is 30.2 Å². The lowest BCUT2D eigenvalue weighted by atomic mass is 9.94. The molecule has 0 aliphatic heterocycles. The first-order chi connectivity index (χ1) is 11.8. The van der Waals surface area contributed by atoms with Gasteiger partial charge in [0.15, 0.2) is 5.96 Å². The normalized spacial score (nSPS) is 12.3. The fraction of sp³-hybridized carbons (Fsp3) is 0.444. The average molecular weight is 350 g/mol. The highest BCUT2D eigenvalue weighted by Crippen LogP contribution is 2.22. The number of aliphatic imine (C=N–C) groups is 1. The molecule has 0 amide bonds. The Kier molecular flexibility index (Phi) is 6.12. The first-order valence-corrected chi connectivity index (χ1v) is 8.13. The second-order valence-corrected chi connectivity index (χ2v) is 6.71. The van der Waals surface area contributed by atoms with E-state index in [0.29, 0.717) is 36.9 Å². The molecule has 2 aromatic rings. The number of benzene rings is 1. The fourth-order valence-corrected chi connectivity index (χ4v) is 2.17. The molecule has 0 spiro atoms. The minimum Gasteiger partial charge on any atom is -0.443 e. The maximum Gasteiger partial charge on any atom is 0.213 e. The van der Waals surface area contributed by atoms with Crippen molar-refractivity contribution in [1.82, 2.24) is 15.6 Å². The topological polar surface area (TPSA) is 62.5 Å². The van der Waals surface area contributed by atoms with Crippen molar-refractivity contribution in [1.29, 1.82) is 0 Å². The van der Waals surface area contributed by atoms with Gasteiger partial charge in [0.2, 0.25) is 5.89 Å². The summed E-state index contributed by atoms with van der Waals surface area (Å²) in [5.74, 6) is 1.04. The van der Waals surface area contributed by atoms with Crippen molar-refractivity contribution in [2.24, 2.45) is 4.99 Å². The van der Waals surface area contributed by atoms with Crippen molar-refractivity contribution in [3.8, 4) is 0 Å². The maximum atomic E-state index is 13.6. The summed E-state index contributed by atoms with van der Waals surface area (Å²) in [7, 11) is 1.63. The molecule has 0 saturated heterocycles. The molecule has 0 aliphatic rings. The van der Waals surface area contributed by atoms with Crippen LogP contribution in [0.3, 0.4) is 0 Å². The van der Waals surface area contributed by atoms with Crippen LogP contribution >= 0.6 is 0 Å². The molecule has 136 valence electrons. The summed E-state index contributed by atoms with van der Waals surface area (Å²) >= 11 is 0. The van der Waals surface area contributed by atoms with Gasteiger partial charge >= 0.3 is 0 Å². The van der Waals surface area contributed by atoms with Crippen LogP contribution in [0.15, 0.2) is 33.8 Å². The molecule has 0 fully saturated rings. The van der Waals surface area contributed by atoms with Crippen molar-refractivity contribution in [3.63, 3.8) is 0 Å². The summed E-state index contributed by atoms with van der Waals surface area (Å²) in [5.41, 5.74) is 0.227. The summed E-state index contributed by atoms with van der Waals surface area (Å²) in [4.78, 5) is 8.32. The summed E-state index contributed by atoms with van der Waals surface area (Å²) in [6.07, 6.45) is 2.07. The van der Waals surface area contributed by atoms with Crippen molar-refractivity contribution in [2.75, 3.05) is 13.6 Å². The summed E-state index contributed by atoms with van der Waals surface area (Å²) in [6.45, 7) is 6.95. The number of oxazole rings is 1. The van der Waals surface area contributed by atoms with Crippen LogP contribution in [0.1, 0.15) is 38.0 Å². The number of halogens is 2. The molecule has 1 aromatic carbocycles. The third-order valence-corrected chi connectivity index (χ3v) is 3.62. The van der Waals surface area contributed by atoms with Gasteiger partial charge < -0.3 is 15.1 Å². The number of hydrogen-bond acceptors (Lipinski definition) is 3. The minimum atomic E-state index is -0.447. The minimum absolute atomic E-state index is 0.0970. The third-order valence-electron chi connectivity index (χ3n) is 3.62. The van der Waals surface area contributed by atoms with Crippen LogP contribution in [0, 0.1) is 11.6 Å². The highest BCUT2D eigenvalue weighted by atomic mass is 19.1. The largest absolute Gasteiger partial charge is 0.443 e. The van der Waals surface area contributed by atoms with E-state index in [4.69, 9.17) is 4.42 Å². The zero-order valence-electron chi connectivity index (χ0n) is 15.0. The Labute approximate surface area is 146 Å². The molecule has 25 heavy (non-hydrogen) atoms. The molecule has 0 unspecified atom stereocenters. The number of rotatable bonds is 5. The van der Waals surface area contributed by atoms with Crippen LogP contribution in [0.2, 0.25) is 0 Å². The maximum absolute atomic E-state index is 13.6. The van der Waals surface area contributed by atoms with Gasteiger partial charge in [0, 0.05) is 19.0 Å². The molecule has 0 atom stereocenters. The first-order valence-electron chi connectivity index (χ1n) is 8.13. The molecule has 7 heteroatoms. The molecular weight excluding hydrogens is 326 g/mol. The Morgan fingerprint density at radius 1 is 1.24 bits per heavy atom. The number of hydrogen-bond donors (Lipinski definition) is 2. The van der Waals surface area contributed by atoms with Crippen LogP contribution in [0.5, 0.6) is 0 Å². The van der Waals surface area contributed by atoms with Crippen LogP contribution in [0.4, 0.5) is 8.78 Å². The van der Waals surface area contributed by atoms with Crippen LogP contribution in [-0.2, 0) is 18.4 Å². The highest BCUT2D eigenvalue weighted by molar-refractivity contribution is 5.79. The Morgan fingerprint density at radius 2 is 2.00 bits per heavy atom. The van der Waals surface area contributed by atoms with Gasteiger partial charge in [-0.25, -0.2) is 13.8 Å². The lowest BCUT2D eigenvalue weighted by Crippen LogP contribution is -2.38. The van der Waals surface area contributed by atoms with Gasteiger partial charge in [0.25, 0.3) is 0 Å². The van der Waals surface area contributed by atoms with E-state index in [-0.39, 0.29) is 5.41 Å². The van der Waals surface area contributed by atoms with Gasteiger partial charge in [-0.1, -0.05) is 20.8 Å². The lowest BCUT2D eigenvalue weighted by molar-refractivity contribution is 0.379. The smallest absolute Gasteiger partial charge is 0.213 e. The monoisotopic (exact) mass is 350 g/mol. The summed E-state index contributed by atoms with van der Waals surface area (Å²) in [5, 5.41) is 6.13. The first kappa shape index (κ1) is 18.9. The van der Waals surface area contributed by atoms with Crippen molar-refractivity contribution < 1.29 is 13.2 Å². The van der Waals surface area contributed by atoms with Crippen molar-refractivity contribution in [2.45, 2.75) is 39.2 Å². The predicted molar refractivity (Wildman–Crippen MR) is 93.5 cm³/mol. The molecular formula is C18H24F2N4O. The molecule has 2 N–H and O–H groups in total. The number of guanidine groups is 1. The zero-order chi connectivity index (χ0) is 18.4. The molecule has 1 heterocycles. The molecule has 0 radical (unpaired) electrons. The lowest BCUT2D eigenvalue weighted by Gasteiger charge is -2.13. The van der Waals surface area contributed by atoms with Crippen molar-refractivity contribution >= 4 is 5.96 Å². The van der Waals surface area contributed by atoms with Gasteiger partial charge in [0.1, 0.15) is 17.4 Å². The van der Waals surface area contributed by atoms with Gasteiger partial charge in [-0.3, -0.25) is 4.99 Å². The van der Waals surface area contributed by atoms with E-state index in [1.54, 1.807) is 13.2 Å². The molecule has 0 saturated carbocycles. The number of nitrogens with one attached hydrogen (secondary N) is 2. The molecule has 5 nitrogen and oxygen atoms in total. The molecule has 1 aromatic heterocycles. The Bertz CT molecular complexity index is 735. The van der Waals surface area contributed by atoms with Gasteiger partial charge in [-0.15, -0.1) is 0 Å². The summed E-state index contributed by atoms with van der Waals surface area (Å²) < 4.78 is 32.4. The third kappa shape index (κ3) is 5.55. The van der Waals surface area contributed by atoms with E-state index < -0.39 is 11.6 Å². The quantitative estimate of drug-likeness (QED) is 0.642. The Morgan fingerprint density at radius 3 is 2.64 bits per heavy atom. The average Bonchev–Trinajstić information content (AvgIpc) is 3.03. The molecule has 0 bridgehead atoms. The van der Waals surface area contributed by atoms with E-state index in [1.165, 1.54) is 6.07 Å². The van der Waals surface area contributed by atoms with Gasteiger partial charge in [-0.2, -0.15) is 0 Å². The highest BCUT2D eigenvalue weighted by Gasteiger charge is 2.19. The van der Waals surface area contributed by atoms with E-state index in [1.807, 2.05) is 0 Å².